The van der Waals surface area contributed by atoms with Crippen LogP contribution >= 0.6 is 0 Å². The fourth-order valence-electron chi connectivity index (χ4n) is 2.19. The van der Waals surface area contributed by atoms with Crippen molar-refractivity contribution in [3.63, 3.8) is 0 Å². The highest BCUT2D eigenvalue weighted by Gasteiger charge is 2.36. The quantitative estimate of drug-likeness (QED) is 0.817. The van der Waals surface area contributed by atoms with E-state index in [1.54, 1.807) is 55.5 Å². The second kappa shape index (κ2) is 5.67. The highest BCUT2D eigenvalue weighted by Crippen LogP contribution is 2.33. The van der Waals surface area contributed by atoms with E-state index in [4.69, 9.17) is 4.74 Å². The number of ether oxygens (including phenoxy) is 1. The van der Waals surface area contributed by atoms with Gasteiger partial charge in [-0.05, 0) is 18.1 Å². The van der Waals surface area contributed by atoms with Gasteiger partial charge in [0.2, 0.25) is 0 Å². The van der Waals surface area contributed by atoms with Crippen LogP contribution in [0.3, 0.4) is 0 Å². The summed E-state index contributed by atoms with van der Waals surface area (Å²) in [6, 6.07) is 17.8. The Labute approximate surface area is 112 Å². The first-order valence-corrected chi connectivity index (χ1v) is 6.18. The van der Waals surface area contributed by atoms with Gasteiger partial charge in [-0.25, -0.2) is 0 Å². The zero-order chi connectivity index (χ0) is 13.7. The Kier molecular flexibility index (Phi) is 3.97. The van der Waals surface area contributed by atoms with Gasteiger partial charge >= 0.3 is 0 Å². The molecule has 2 aromatic rings. The molecule has 0 fully saturated rings. The molecule has 3 nitrogen and oxygen atoms in total. The van der Waals surface area contributed by atoms with Crippen LogP contribution < -0.4 is 5.11 Å². The normalized spacial score (nSPS) is 11.2. The summed E-state index contributed by atoms with van der Waals surface area (Å²) < 4.78 is 5.60. The molecule has 0 saturated carbocycles. The van der Waals surface area contributed by atoms with Crippen LogP contribution in [0, 0.1) is 0 Å². The standard InChI is InChI=1S/C16H16O3/c1-2-19-16(15(17)18,13-9-5-3-6-10-13)14-11-7-4-8-12-14/h3-12H,2H2,1H3,(H,17,18)/p-1. The Bertz CT molecular complexity index is 495. The van der Waals surface area contributed by atoms with Crippen LogP contribution in [0.2, 0.25) is 0 Å². The lowest BCUT2D eigenvalue weighted by Gasteiger charge is -2.35. The largest absolute Gasteiger partial charge is 0.546 e. The summed E-state index contributed by atoms with van der Waals surface area (Å²) in [6.45, 7) is 2.04. The number of carbonyl (C=O) groups is 1. The number of rotatable bonds is 5. The van der Waals surface area contributed by atoms with E-state index in [0.717, 1.165) is 0 Å². The average molecular weight is 255 g/mol. The monoisotopic (exact) mass is 255 g/mol. The molecule has 0 aromatic heterocycles. The zero-order valence-corrected chi connectivity index (χ0v) is 10.7. The van der Waals surface area contributed by atoms with Crippen molar-refractivity contribution >= 4 is 5.97 Å². The third-order valence-corrected chi connectivity index (χ3v) is 3.01. The minimum Gasteiger partial charge on any atom is -0.546 e. The predicted octanol–water partition coefficient (Wildman–Crippen LogP) is 1.72. The molecule has 0 atom stereocenters. The summed E-state index contributed by atoms with van der Waals surface area (Å²) in [5.74, 6) is -1.26. The molecule has 0 amide bonds. The van der Waals surface area contributed by atoms with Crippen molar-refractivity contribution in [2.24, 2.45) is 0 Å². The summed E-state index contributed by atoms with van der Waals surface area (Å²) in [6.07, 6.45) is 0. The molecule has 2 aromatic carbocycles. The summed E-state index contributed by atoms with van der Waals surface area (Å²) in [5, 5.41) is 11.8. The van der Waals surface area contributed by atoms with Crippen LogP contribution in [-0.4, -0.2) is 12.6 Å². The van der Waals surface area contributed by atoms with E-state index >= 15 is 0 Å². The Morgan fingerprint density at radius 3 is 1.74 bits per heavy atom. The second-order valence-corrected chi connectivity index (χ2v) is 4.13. The van der Waals surface area contributed by atoms with Crippen LogP contribution in [-0.2, 0) is 15.1 Å². The van der Waals surface area contributed by atoms with Crippen molar-refractivity contribution in [2.45, 2.75) is 12.5 Å². The van der Waals surface area contributed by atoms with Crippen molar-refractivity contribution in [1.29, 1.82) is 0 Å². The first kappa shape index (κ1) is 13.3. The molecular formula is C16H15O3-. The number of carbonyl (C=O) groups excluding carboxylic acids is 1. The first-order valence-electron chi connectivity index (χ1n) is 6.18. The first-order chi connectivity index (χ1) is 9.21. The third-order valence-electron chi connectivity index (χ3n) is 3.01. The molecule has 2 rings (SSSR count). The van der Waals surface area contributed by atoms with E-state index in [1.807, 2.05) is 12.1 Å². The van der Waals surface area contributed by atoms with Crippen molar-refractivity contribution in [3.8, 4) is 0 Å². The van der Waals surface area contributed by atoms with Gasteiger partial charge in [0.25, 0.3) is 0 Å². The van der Waals surface area contributed by atoms with E-state index < -0.39 is 11.6 Å². The van der Waals surface area contributed by atoms with Gasteiger partial charge < -0.3 is 14.6 Å². The van der Waals surface area contributed by atoms with E-state index in [9.17, 15) is 9.90 Å². The van der Waals surface area contributed by atoms with Gasteiger partial charge in [0.15, 0.2) is 5.60 Å². The smallest absolute Gasteiger partial charge is 0.157 e. The molecule has 0 saturated heterocycles. The highest BCUT2D eigenvalue weighted by molar-refractivity contribution is 5.82. The maximum absolute atomic E-state index is 11.8. The molecule has 0 unspecified atom stereocenters. The number of hydrogen-bond acceptors (Lipinski definition) is 3. The maximum Gasteiger partial charge on any atom is 0.157 e. The van der Waals surface area contributed by atoms with Gasteiger partial charge in [-0.2, -0.15) is 0 Å². The Balaban J connectivity index is 2.65. The predicted molar refractivity (Wildman–Crippen MR) is 70.3 cm³/mol. The summed E-state index contributed by atoms with van der Waals surface area (Å²) in [4.78, 5) is 11.8. The molecule has 0 N–H and O–H groups in total. The SMILES string of the molecule is CCOC(C(=O)[O-])(c1ccccc1)c1ccccc1. The Morgan fingerprint density at radius 1 is 1.00 bits per heavy atom. The van der Waals surface area contributed by atoms with Gasteiger partial charge in [0.05, 0.1) is 5.97 Å². The van der Waals surface area contributed by atoms with E-state index in [0.29, 0.717) is 11.1 Å². The molecule has 0 bridgehead atoms. The van der Waals surface area contributed by atoms with Gasteiger partial charge in [-0.1, -0.05) is 60.7 Å². The molecular weight excluding hydrogens is 240 g/mol. The summed E-state index contributed by atoms with van der Waals surface area (Å²) in [7, 11) is 0. The third kappa shape index (κ3) is 2.37. The second-order valence-electron chi connectivity index (χ2n) is 4.13. The van der Waals surface area contributed by atoms with Gasteiger partial charge in [0.1, 0.15) is 0 Å². The lowest BCUT2D eigenvalue weighted by Crippen LogP contribution is -2.48. The topological polar surface area (TPSA) is 49.4 Å². The number of benzene rings is 2. The van der Waals surface area contributed by atoms with Gasteiger partial charge in [-0.15, -0.1) is 0 Å². The van der Waals surface area contributed by atoms with E-state index in [2.05, 4.69) is 0 Å². The fourth-order valence-corrected chi connectivity index (χ4v) is 2.19. The average Bonchev–Trinajstić information content (AvgIpc) is 2.46. The number of carboxylic acid groups (broad SMARTS) is 1. The zero-order valence-electron chi connectivity index (χ0n) is 10.7. The molecule has 0 aliphatic rings. The van der Waals surface area contributed by atoms with Crippen molar-refractivity contribution in [1.82, 2.24) is 0 Å². The number of carboxylic acids is 1. The van der Waals surface area contributed by atoms with Crippen LogP contribution in [0.15, 0.2) is 60.7 Å². The Morgan fingerprint density at radius 2 is 1.42 bits per heavy atom. The molecule has 0 aliphatic heterocycles. The van der Waals surface area contributed by atoms with Crippen molar-refractivity contribution in [3.05, 3.63) is 71.8 Å². The summed E-state index contributed by atoms with van der Waals surface area (Å²) in [5.41, 5.74) is -0.442. The van der Waals surface area contributed by atoms with Gasteiger partial charge in [0, 0.05) is 6.61 Å². The minimum absolute atomic E-state index is 0.276. The maximum atomic E-state index is 11.8. The fraction of sp³-hybridized carbons (Fsp3) is 0.188. The Hall–Kier alpha value is -2.13. The molecule has 3 heteroatoms. The lowest BCUT2D eigenvalue weighted by atomic mass is 9.86. The van der Waals surface area contributed by atoms with Crippen LogP contribution in [0.1, 0.15) is 18.1 Å². The van der Waals surface area contributed by atoms with E-state index in [1.165, 1.54) is 0 Å². The molecule has 19 heavy (non-hydrogen) atoms. The molecule has 0 aliphatic carbocycles. The molecule has 0 radical (unpaired) electrons. The minimum atomic E-state index is -1.56. The summed E-state index contributed by atoms with van der Waals surface area (Å²) >= 11 is 0. The number of hydrogen-bond donors (Lipinski definition) is 0. The number of aliphatic carboxylic acids is 1. The van der Waals surface area contributed by atoms with Crippen LogP contribution in [0.25, 0.3) is 0 Å². The van der Waals surface area contributed by atoms with Crippen molar-refractivity contribution in [2.75, 3.05) is 6.61 Å². The van der Waals surface area contributed by atoms with Crippen LogP contribution in [0.4, 0.5) is 0 Å². The van der Waals surface area contributed by atoms with Crippen molar-refractivity contribution < 1.29 is 14.6 Å². The lowest BCUT2D eigenvalue weighted by molar-refractivity contribution is -0.325. The molecule has 98 valence electrons. The molecule has 0 heterocycles. The van der Waals surface area contributed by atoms with E-state index in [-0.39, 0.29) is 6.61 Å². The highest BCUT2D eigenvalue weighted by atomic mass is 16.5. The molecule has 0 spiro atoms. The van der Waals surface area contributed by atoms with Gasteiger partial charge in [-0.3, -0.25) is 0 Å². The van der Waals surface area contributed by atoms with Crippen LogP contribution in [0.5, 0.6) is 0 Å².